The van der Waals surface area contributed by atoms with E-state index in [2.05, 4.69) is 21.8 Å². The van der Waals surface area contributed by atoms with Crippen LogP contribution in [0.15, 0.2) is 17.2 Å². The largest absolute Gasteiger partial charge is 0.356 e. The highest BCUT2D eigenvalue weighted by molar-refractivity contribution is 5.37. The van der Waals surface area contributed by atoms with Gasteiger partial charge in [-0.25, -0.2) is 4.98 Å². The van der Waals surface area contributed by atoms with Crippen LogP contribution in [0.5, 0.6) is 0 Å². The first kappa shape index (κ1) is 11.1. The Balaban J connectivity index is 2.07. The van der Waals surface area contributed by atoms with Crippen molar-refractivity contribution < 1.29 is 0 Å². The van der Waals surface area contributed by atoms with Gasteiger partial charge in [-0.2, -0.15) is 0 Å². The molecule has 5 heteroatoms. The molecular formula is C11H18N4O. The average Bonchev–Trinajstić information content (AvgIpc) is 2.30. The van der Waals surface area contributed by atoms with Crippen LogP contribution in [0.25, 0.3) is 0 Å². The van der Waals surface area contributed by atoms with E-state index in [0.29, 0.717) is 0 Å². The van der Waals surface area contributed by atoms with Crippen LogP contribution in [-0.2, 0) is 0 Å². The third kappa shape index (κ3) is 2.24. The molecule has 0 atom stereocenters. The smallest absolute Gasteiger partial charge is 0.252 e. The highest BCUT2D eigenvalue weighted by Gasteiger charge is 2.29. The van der Waals surface area contributed by atoms with Crippen LogP contribution >= 0.6 is 0 Å². The lowest BCUT2D eigenvalue weighted by molar-refractivity contribution is 0.258. The second-order valence-electron chi connectivity index (χ2n) is 4.77. The minimum absolute atomic E-state index is 0.0999. The minimum Gasteiger partial charge on any atom is -0.356 e. The van der Waals surface area contributed by atoms with E-state index in [9.17, 15) is 4.79 Å². The van der Waals surface area contributed by atoms with E-state index in [4.69, 9.17) is 5.73 Å². The lowest BCUT2D eigenvalue weighted by atomic mass is 9.80. The van der Waals surface area contributed by atoms with Crippen molar-refractivity contribution in [2.75, 3.05) is 24.5 Å². The lowest BCUT2D eigenvalue weighted by Gasteiger charge is -2.39. The third-order valence-electron chi connectivity index (χ3n) is 3.45. The summed E-state index contributed by atoms with van der Waals surface area (Å²) in [5.74, 6) is 0.767. The van der Waals surface area contributed by atoms with Crippen molar-refractivity contribution in [2.45, 2.75) is 19.8 Å². The molecule has 0 aromatic carbocycles. The summed E-state index contributed by atoms with van der Waals surface area (Å²) in [5.41, 5.74) is 5.90. The van der Waals surface area contributed by atoms with E-state index in [1.165, 1.54) is 6.33 Å². The van der Waals surface area contributed by atoms with Crippen molar-refractivity contribution in [3.63, 3.8) is 0 Å². The van der Waals surface area contributed by atoms with Gasteiger partial charge in [0.1, 0.15) is 5.82 Å². The third-order valence-corrected chi connectivity index (χ3v) is 3.45. The fourth-order valence-corrected chi connectivity index (χ4v) is 2.01. The Morgan fingerprint density at radius 2 is 2.25 bits per heavy atom. The van der Waals surface area contributed by atoms with Gasteiger partial charge in [0.2, 0.25) is 0 Å². The molecule has 5 nitrogen and oxygen atoms in total. The van der Waals surface area contributed by atoms with Crippen LogP contribution < -0.4 is 16.2 Å². The predicted molar refractivity (Wildman–Crippen MR) is 63.5 cm³/mol. The number of nitrogens with two attached hydrogens (primary N) is 1. The van der Waals surface area contributed by atoms with Gasteiger partial charge in [-0.1, -0.05) is 6.92 Å². The molecule has 0 amide bonds. The second-order valence-corrected chi connectivity index (χ2v) is 4.77. The summed E-state index contributed by atoms with van der Waals surface area (Å²) in [4.78, 5) is 20.0. The number of nitrogens with zero attached hydrogens (tertiary/aromatic N) is 2. The van der Waals surface area contributed by atoms with Gasteiger partial charge in [0.05, 0.1) is 6.33 Å². The van der Waals surface area contributed by atoms with E-state index in [-0.39, 0.29) is 11.0 Å². The number of anilines is 1. The molecule has 16 heavy (non-hydrogen) atoms. The Morgan fingerprint density at radius 1 is 1.56 bits per heavy atom. The molecule has 88 valence electrons. The molecule has 2 heterocycles. The highest BCUT2D eigenvalue weighted by Crippen LogP contribution is 2.30. The summed E-state index contributed by atoms with van der Waals surface area (Å²) in [6.45, 7) is 4.79. The van der Waals surface area contributed by atoms with Crippen LogP contribution in [0.3, 0.4) is 0 Å². The Bertz CT molecular complexity index is 406. The lowest BCUT2D eigenvalue weighted by Crippen LogP contribution is -2.42. The van der Waals surface area contributed by atoms with Gasteiger partial charge in [-0.15, -0.1) is 0 Å². The van der Waals surface area contributed by atoms with Gasteiger partial charge >= 0.3 is 0 Å². The molecule has 1 aromatic heterocycles. The van der Waals surface area contributed by atoms with Gasteiger partial charge in [-0.05, 0) is 24.8 Å². The summed E-state index contributed by atoms with van der Waals surface area (Å²) in [6.07, 6.45) is 3.56. The first-order chi connectivity index (χ1) is 7.63. The maximum absolute atomic E-state index is 11.2. The molecule has 0 spiro atoms. The number of piperidine rings is 1. The molecule has 1 saturated heterocycles. The molecule has 0 bridgehead atoms. The van der Waals surface area contributed by atoms with Crippen LogP contribution in [0.4, 0.5) is 5.82 Å². The number of rotatable bonds is 2. The predicted octanol–water partition coefficient (Wildman–Crippen LogP) is 0.335. The first-order valence-electron chi connectivity index (χ1n) is 5.63. The van der Waals surface area contributed by atoms with E-state index in [1.54, 1.807) is 6.07 Å². The second kappa shape index (κ2) is 4.25. The molecular weight excluding hydrogens is 204 g/mol. The van der Waals surface area contributed by atoms with Crippen molar-refractivity contribution in [2.24, 2.45) is 11.1 Å². The minimum atomic E-state index is -0.0999. The van der Waals surface area contributed by atoms with E-state index < -0.39 is 0 Å². The van der Waals surface area contributed by atoms with Gasteiger partial charge in [-0.3, -0.25) is 4.79 Å². The zero-order valence-corrected chi connectivity index (χ0v) is 9.57. The number of hydrogen-bond donors (Lipinski definition) is 2. The molecule has 0 saturated carbocycles. The summed E-state index contributed by atoms with van der Waals surface area (Å²) in [6, 6.07) is 1.55. The number of hydrogen-bond acceptors (Lipinski definition) is 4. The van der Waals surface area contributed by atoms with Gasteiger partial charge in [0.25, 0.3) is 5.56 Å². The van der Waals surface area contributed by atoms with Gasteiger partial charge in [0, 0.05) is 19.2 Å². The van der Waals surface area contributed by atoms with Crippen molar-refractivity contribution in [1.82, 2.24) is 9.97 Å². The number of H-pyrrole nitrogens is 1. The molecule has 1 aromatic rings. The average molecular weight is 222 g/mol. The highest BCUT2D eigenvalue weighted by atomic mass is 16.1. The molecule has 1 aliphatic heterocycles. The first-order valence-corrected chi connectivity index (χ1v) is 5.63. The quantitative estimate of drug-likeness (QED) is 0.756. The summed E-state index contributed by atoms with van der Waals surface area (Å²) in [7, 11) is 0. The fraction of sp³-hybridized carbons (Fsp3) is 0.636. The zero-order chi connectivity index (χ0) is 11.6. The molecule has 0 radical (unpaired) electrons. The zero-order valence-electron chi connectivity index (χ0n) is 9.57. The topological polar surface area (TPSA) is 75.0 Å². The molecule has 3 N–H and O–H groups in total. The van der Waals surface area contributed by atoms with Crippen molar-refractivity contribution in [3.8, 4) is 0 Å². The number of aromatic amines is 1. The Kier molecular flexibility index (Phi) is 2.96. The number of nitrogens with one attached hydrogen (secondary N) is 1. The monoisotopic (exact) mass is 222 g/mol. The summed E-state index contributed by atoms with van der Waals surface area (Å²) < 4.78 is 0. The Hall–Kier alpha value is -1.36. The van der Waals surface area contributed by atoms with Crippen LogP contribution in [0, 0.1) is 5.41 Å². The van der Waals surface area contributed by atoms with Crippen LogP contribution in [0.1, 0.15) is 19.8 Å². The summed E-state index contributed by atoms with van der Waals surface area (Å²) in [5, 5.41) is 0. The van der Waals surface area contributed by atoms with Gasteiger partial charge < -0.3 is 15.6 Å². The van der Waals surface area contributed by atoms with E-state index >= 15 is 0 Å². The standard InChI is InChI=1S/C11H18N4O/c1-11(7-12)2-4-15(5-3-11)9-6-10(16)14-8-13-9/h6,8H,2-5,7,12H2,1H3,(H,13,14,16). The normalized spacial score (nSPS) is 19.8. The van der Waals surface area contributed by atoms with Crippen molar-refractivity contribution in [3.05, 3.63) is 22.7 Å². The number of aromatic nitrogens is 2. The SMILES string of the molecule is CC1(CN)CCN(c2cc(=O)[nH]cn2)CC1. The van der Waals surface area contributed by atoms with Crippen molar-refractivity contribution in [1.29, 1.82) is 0 Å². The Morgan fingerprint density at radius 3 is 2.81 bits per heavy atom. The van der Waals surface area contributed by atoms with E-state index in [1.807, 2.05) is 0 Å². The van der Waals surface area contributed by atoms with E-state index in [0.717, 1.165) is 38.3 Å². The molecule has 0 aliphatic carbocycles. The van der Waals surface area contributed by atoms with Crippen LogP contribution in [0.2, 0.25) is 0 Å². The Labute approximate surface area is 94.7 Å². The molecule has 0 unspecified atom stereocenters. The van der Waals surface area contributed by atoms with Crippen molar-refractivity contribution >= 4 is 5.82 Å². The molecule has 2 rings (SSSR count). The molecule has 1 aliphatic rings. The molecule has 1 fully saturated rings. The van der Waals surface area contributed by atoms with Gasteiger partial charge in [0.15, 0.2) is 0 Å². The fourth-order valence-electron chi connectivity index (χ4n) is 2.01. The maximum Gasteiger partial charge on any atom is 0.252 e. The van der Waals surface area contributed by atoms with Crippen LogP contribution in [-0.4, -0.2) is 29.6 Å². The maximum atomic E-state index is 11.2. The summed E-state index contributed by atoms with van der Waals surface area (Å²) >= 11 is 0.